The highest BCUT2D eigenvalue weighted by Gasteiger charge is 2.50. The van der Waals surface area contributed by atoms with Crippen molar-refractivity contribution in [2.24, 2.45) is 0 Å². The number of hydrogen-bond donors (Lipinski definition) is 0. The van der Waals surface area contributed by atoms with Crippen molar-refractivity contribution in [1.29, 1.82) is 0 Å². The third-order valence-corrected chi connectivity index (χ3v) is 11.8. The normalized spacial score (nSPS) is 12.6. The lowest BCUT2D eigenvalue weighted by atomic mass is 9.83. The zero-order valence-electron chi connectivity index (χ0n) is 22.0. The predicted octanol–water partition coefficient (Wildman–Crippen LogP) is 3.80. The topological polar surface area (TPSA) is 26.3 Å². The largest absolute Gasteiger partial charge is 1.00 e. The molecule has 5 aromatic rings. The van der Waals surface area contributed by atoms with E-state index < -0.39 is 12.9 Å². The summed E-state index contributed by atoms with van der Waals surface area (Å²) in [7, 11) is -0.479. The Labute approximate surface area is 249 Å². The number of benzene rings is 5. The van der Waals surface area contributed by atoms with Gasteiger partial charge in [0, 0.05) is 19.1 Å². The second kappa shape index (κ2) is 13.3. The average Bonchev–Trinajstić information content (AvgIpc) is 3.02. The van der Waals surface area contributed by atoms with Crippen LogP contribution < -0.4 is 39.9 Å². The number of hydrogen-bond acceptors (Lipinski definition) is 2. The van der Waals surface area contributed by atoms with Gasteiger partial charge in [-0.25, -0.2) is 0 Å². The fourth-order valence-electron chi connectivity index (χ4n) is 5.44. The number of rotatable bonds is 10. The van der Waals surface area contributed by atoms with E-state index in [0.717, 1.165) is 11.7 Å². The molecule has 0 spiro atoms. The quantitative estimate of drug-likeness (QED) is 0.132. The molecular formula is C35H32IO2P. The zero-order chi connectivity index (χ0) is 26.3. The first-order chi connectivity index (χ1) is 18.7. The minimum absolute atomic E-state index is 0. The van der Waals surface area contributed by atoms with Gasteiger partial charge in [0.25, 0.3) is 0 Å². The van der Waals surface area contributed by atoms with E-state index in [4.69, 9.17) is 4.74 Å². The molecule has 0 amide bonds. The van der Waals surface area contributed by atoms with Crippen LogP contribution in [0.25, 0.3) is 0 Å². The van der Waals surface area contributed by atoms with Gasteiger partial charge in [0.15, 0.2) is 11.4 Å². The van der Waals surface area contributed by atoms with Crippen molar-refractivity contribution < 1.29 is 33.5 Å². The van der Waals surface area contributed by atoms with E-state index in [1.165, 1.54) is 15.9 Å². The van der Waals surface area contributed by atoms with Crippen LogP contribution in [0.5, 0.6) is 0 Å². The van der Waals surface area contributed by atoms with Gasteiger partial charge in [-0.3, -0.25) is 4.79 Å². The molecular weight excluding hydrogens is 610 g/mol. The van der Waals surface area contributed by atoms with Crippen LogP contribution in [0.2, 0.25) is 0 Å². The molecule has 4 heteroatoms. The number of ether oxygens (including phenoxy) is 1. The molecule has 2 nitrogen and oxygen atoms in total. The third-order valence-electron chi connectivity index (χ3n) is 7.38. The predicted molar refractivity (Wildman–Crippen MR) is 161 cm³/mol. The SMILES string of the molecule is COC(CC[P+](c1ccccc1)(c1ccccc1)c1ccccc1)(C(=O)c1ccccc1)c1ccccc1.[I-]. The Morgan fingerprint density at radius 2 is 0.949 bits per heavy atom. The molecule has 0 bridgehead atoms. The Morgan fingerprint density at radius 1 is 0.590 bits per heavy atom. The summed E-state index contributed by atoms with van der Waals surface area (Å²) in [4.78, 5) is 14.3. The molecule has 0 N–H and O–H groups in total. The molecule has 1 unspecified atom stereocenters. The van der Waals surface area contributed by atoms with E-state index in [-0.39, 0.29) is 29.8 Å². The number of halogens is 1. The van der Waals surface area contributed by atoms with Crippen LogP contribution in [0.3, 0.4) is 0 Å². The average molecular weight is 643 g/mol. The van der Waals surface area contributed by atoms with Crippen molar-refractivity contribution >= 4 is 29.0 Å². The van der Waals surface area contributed by atoms with Crippen LogP contribution in [-0.2, 0) is 10.3 Å². The number of ketones is 1. The van der Waals surface area contributed by atoms with Gasteiger partial charge in [0.05, 0.1) is 6.16 Å². The van der Waals surface area contributed by atoms with Gasteiger partial charge in [-0.15, -0.1) is 0 Å². The summed E-state index contributed by atoms with van der Waals surface area (Å²) in [5.41, 5.74) is 0.413. The van der Waals surface area contributed by atoms with Gasteiger partial charge >= 0.3 is 0 Å². The summed E-state index contributed by atoms with van der Waals surface area (Å²) in [5.74, 6) is -0.0147. The molecule has 0 aliphatic carbocycles. The third kappa shape index (κ3) is 5.77. The van der Waals surface area contributed by atoms with E-state index in [0.29, 0.717) is 12.0 Å². The number of Topliss-reactive ketones (excluding diaryl/α,β-unsaturated/α-hetero) is 1. The molecule has 0 fully saturated rings. The first-order valence-corrected chi connectivity index (χ1v) is 14.9. The standard InChI is InChI=1S/C35H32O2P.HI/c1-37-35(30-19-9-3-10-20-30,34(36)29-17-7-2-8-18-29)27-28-38(31-21-11-4-12-22-31,32-23-13-5-14-24-32)33-25-15-6-16-26-33;/h2-26H,27-28H2,1H3;1H/q+1;/p-1. The highest BCUT2D eigenvalue weighted by molar-refractivity contribution is 7.95. The van der Waals surface area contributed by atoms with Crippen LogP contribution in [0.4, 0.5) is 0 Å². The van der Waals surface area contributed by atoms with E-state index in [1.807, 2.05) is 60.7 Å². The Morgan fingerprint density at radius 3 is 1.33 bits per heavy atom. The van der Waals surface area contributed by atoms with Crippen molar-refractivity contribution in [1.82, 2.24) is 0 Å². The number of carbonyl (C=O) groups excluding carboxylic acids is 1. The fraction of sp³-hybridized carbons (Fsp3) is 0.114. The fourth-order valence-corrected chi connectivity index (χ4v) is 9.80. The van der Waals surface area contributed by atoms with Crippen LogP contribution in [0, 0.1) is 0 Å². The Balaban J connectivity index is 0.00000353. The summed E-state index contributed by atoms with van der Waals surface area (Å²) < 4.78 is 6.31. The van der Waals surface area contributed by atoms with Gasteiger partial charge in [0.1, 0.15) is 23.2 Å². The van der Waals surface area contributed by atoms with Crippen molar-refractivity contribution in [3.05, 3.63) is 163 Å². The summed E-state index contributed by atoms with van der Waals surface area (Å²) in [6, 6.07) is 51.8. The van der Waals surface area contributed by atoms with E-state index >= 15 is 0 Å². The summed E-state index contributed by atoms with van der Waals surface area (Å²) in [5, 5.41) is 3.88. The van der Waals surface area contributed by atoms with E-state index in [9.17, 15) is 4.79 Å². The molecule has 5 rings (SSSR count). The lowest BCUT2D eigenvalue weighted by molar-refractivity contribution is -0.00292. The molecule has 0 aromatic heterocycles. The maximum atomic E-state index is 14.3. The van der Waals surface area contributed by atoms with E-state index in [1.54, 1.807) is 7.11 Å². The highest BCUT2D eigenvalue weighted by Crippen LogP contribution is 2.57. The van der Waals surface area contributed by atoms with Gasteiger partial charge in [-0.05, 0) is 42.0 Å². The Bertz CT molecular complexity index is 1350. The second-order valence-electron chi connectivity index (χ2n) is 9.38. The molecule has 0 saturated heterocycles. The minimum atomic E-state index is -2.15. The van der Waals surface area contributed by atoms with Crippen LogP contribution in [0.1, 0.15) is 22.3 Å². The van der Waals surface area contributed by atoms with Gasteiger partial charge < -0.3 is 28.7 Å². The monoisotopic (exact) mass is 642 g/mol. The first kappa shape index (κ1) is 28.9. The summed E-state index contributed by atoms with van der Waals surface area (Å²) in [6.07, 6.45) is 1.31. The second-order valence-corrected chi connectivity index (χ2v) is 13.0. The van der Waals surface area contributed by atoms with Gasteiger partial charge in [0.2, 0.25) is 0 Å². The smallest absolute Gasteiger partial charge is 0.199 e. The molecule has 0 heterocycles. The Hall–Kier alpha value is -3.11. The minimum Gasteiger partial charge on any atom is -1.00 e. The highest BCUT2D eigenvalue weighted by atomic mass is 127. The molecule has 5 aromatic carbocycles. The molecule has 0 aliphatic rings. The molecule has 39 heavy (non-hydrogen) atoms. The van der Waals surface area contributed by atoms with E-state index in [2.05, 4.69) is 91.0 Å². The summed E-state index contributed by atoms with van der Waals surface area (Å²) in [6.45, 7) is 0. The van der Waals surface area contributed by atoms with Crippen LogP contribution in [-0.4, -0.2) is 19.1 Å². The van der Waals surface area contributed by atoms with Gasteiger partial charge in [-0.1, -0.05) is 115 Å². The summed E-state index contributed by atoms with van der Waals surface area (Å²) >= 11 is 0. The molecule has 196 valence electrons. The van der Waals surface area contributed by atoms with Crippen LogP contribution >= 0.6 is 7.26 Å². The maximum Gasteiger partial charge on any atom is 0.199 e. The van der Waals surface area contributed by atoms with Crippen molar-refractivity contribution in [3.63, 3.8) is 0 Å². The Kier molecular flexibility index (Phi) is 9.85. The number of methoxy groups -OCH3 is 1. The van der Waals surface area contributed by atoms with Crippen molar-refractivity contribution in [3.8, 4) is 0 Å². The lowest BCUT2D eigenvalue weighted by Crippen LogP contribution is -3.00. The molecule has 0 radical (unpaired) electrons. The zero-order valence-corrected chi connectivity index (χ0v) is 25.0. The first-order valence-electron chi connectivity index (χ1n) is 13.0. The van der Waals surface area contributed by atoms with Crippen LogP contribution in [0.15, 0.2) is 152 Å². The molecule has 0 saturated carbocycles. The van der Waals surface area contributed by atoms with Crippen molar-refractivity contribution in [2.45, 2.75) is 12.0 Å². The molecule has 0 aliphatic heterocycles. The lowest BCUT2D eigenvalue weighted by Gasteiger charge is -2.35. The van der Waals surface area contributed by atoms with Gasteiger partial charge in [-0.2, -0.15) is 0 Å². The molecule has 1 atom stereocenters. The maximum absolute atomic E-state index is 14.3. The van der Waals surface area contributed by atoms with Crippen molar-refractivity contribution in [2.75, 3.05) is 13.3 Å². The number of carbonyl (C=O) groups is 1.